The number of hydrogen-bond donors (Lipinski definition) is 0. The molecule has 0 atom stereocenters. The molecule has 0 aliphatic rings. The van der Waals surface area contributed by atoms with Gasteiger partial charge in [0.2, 0.25) is 0 Å². The third-order valence-electron chi connectivity index (χ3n) is 3.59. The van der Waals surface area contributed by atoms with Gasteiger partial charge in [-0.25, -0.2) is 9.48 Å². The lowest BCUT2D eigenvalue weighted by atomic mass is 10.2. The predicted molar refractivity (Wildman–Crippen MR) is 95.7 cm³/mol. The van der Waals surface area contributed by atoms with Crippen molar-refractivity contribution in [3.05, 3.63) is 60.2 Å². The monoisotopic (exact) mass is 338 g/mol. The Morgan fingerprint density at radius 2 is 1.76 bits per heavy atom. The molecule has 0 fully saturated rings. The van der Waals surface area contributed by atoms with Crippen molar-refractivity contribution in [1.29, 1.82) is 0 Å². The molecule has 25 heavy (non-hydrogen) atoms. The second kappa shape index (κ2) is 6.93. The molecule has 1 aromatic heterocycles. The van der Waals surface area contributed by atoms with E-state index in [2.05, 4.69) is 10.3 Å². The Bertz CT molecular complexity index is 852. The number of hydrogen-bond acceptors (Lipinski definition) is 4. The number of ether oxygens (including phenoxy) is 1. The molecule has 0 radical (unpaired) electrons. The zero-order chi connectivity index (χ0) is 17.9. The fourth-order valence-corrected chi connectivity index (χ4v) is 2.49. The molecule has 0 aliphatic heterocycles. The van der Waals surface area contributed by atoms with Crippen LogP contribution < -0.4 is 0 Å². The first-order chi connectivity index (χ1) is 11.9. The molecular formula is C19H22N4O2. The fourth-order valence-electron chi connectivity index (χ4n) is 2.49. The number of carbonyl (C=O) groups excluding carboxylic acids is 1. The highest BCUT2D eigenvalue weighted by atomic mass is 16.6. The molecule has 0 aliphatic carbocycles. The van der Waals surface area contributed by atoms with Crippen LogP contribution in [0.1, 0.15) is 26.3 Å². The number of para-hydroxylation sites is 1. The molecule has 130 valence electrons. The van der Waals surface area contributed by atoms with E-state index in [9.17, 15) is 4.79 Å². The lowest BCUT2D eigenvalue weighted by Gasteiger charge is -2.27. The van der Waals surface area contributed by atoms with Crippen LogP contribution in [-0.2, 0) is 18.0 Å². The van der Waals surface area contributed by atoms with Gasteiger partial charge < -0.3 is 4.74 Å². The fraction of sp³-hybridized carbons (Fsp3) is 0.316. The lowest BCUT2D eigenvalue weighted by Crippen LogP contribution is -2.37. The molecule has 3 rings (SSSR count). The number of fused-ring (bicyclic) bond motifs is 1. The highest BCUT2D eigenvalue weighted by Gasteiger charge is 2.23. The summed E-state index contributed by atoms with van der Waals surface area (Å²) in [5.41, 5.74) is 2.14. The molecular weight excluding hydrogens is 316 g/mol. The van der Waals surface area contributed by atoms with Crippen LogP contribution in [0.2, 0.25) is 0 Å². The zero-order valence-corrected chi connectivity index (χ0v) is 14.7. The maximum Gasteiger partial charge on any atom is 0.412 e. The van der Waals surface area contributed by atoms with E-state index < -0.39 is 5.60 Å². The van der Waals surface area contributed by atoms with Crippen LogP contribution in [0.4, 0.5) is 4.79 Å². The van der Waals surface area contributed by atoms with Crippen LogP contribution in [0.15, 0.2) is 54.6 Å². The first-order valence-electron chi connectivity index (χ1n) is 8.22. The predicted octanol–water partition coefficient (Wildman–Crippen LogP) is 3.83. The van der Waals surface area contributed by atoms with E-state index >= 15 is 0 Å². The average Bonchev–Trinajstić information content (AvgIpc) is 2.97. The lowest BCUT2D eigenvalue weighted by molar-refractivity contribution is 0.0161. The average molecular weight is 338 g/mol. The standard InChI is InChI=1S/C19H22N4O2/c1-19(2,3)25-18(24)22(13-15-9-5-4-6-10-15)14-23-17-12-8-7-11-16(17)20-21-23/h4-12H,13-14H2,1-3H3. The Labute approximate surface area is 147 Å². The molecule has 0 bridgehead atoms. The van der Waals surface area contributed by atoms with Crippen LogP contribution in [0.5, 0.6) is 0 Å². The van der Waals surface area contributed by atoms with Gasteiger partial charge in [-0.05, 0) is 38.5 Å². The van der Waals surface area contributed by atoms with Gasteiger partial charge >= 0.3 is 6.09 Å². The van der Waals surface area contributed by atoms with E-state index in [1.165, 1.54) is 0 Å². The number of nitrogens with zero attached hydrogens (tertiary/aromatic N) is 4. The van der Waals surface area contributed by atoms with E-state index in [1.54, 1.807) is 9.58 Å². The van der Waals surface area contributed by atoms with E-state index in [-0.39, 0.29) is 12.8 Å². The molecule has 1 amide bonds. The summed E-state index contributed by atoms with van der Waals surface area (Å²) in [6, 6.07) is 17.5. The molecule has 0 unspecified atom stereocenters. The van der Waals surface area contributed by atoms with E-state index in [0.29, 0.717) is 6.54 Å². The molecule has 3 aromatic rings. The minimum atomic E-state index is -0.559. The van der Waals surface area contributed by atoms with Crippen molar-refractivity contribution in [1.82, 2.24) is 19.9 Å². The SMILES string of the molecule is CC(C)(C)OC(=O)N(Cc1ccccc1)Cn1nnc2ccccc21. The van der Waals surface area contributed by atoms with Crippen LogP contribution in [0.25, 0.3) is 11.0 Å². The number of amides is 1. The van der Waals surface area contributed by atoms with E-state index in [0.717, 1.165) is 16.6 Å². The van der Waals surface area contributed by atoms with Gasteiger partial charge in [0.1, 0.15) is 17.8 Å². The maximum atomic E-state index is 12.7. The Balaban J connectivity index is 1.86. The molecule has 0 saturated carbocycles. The highest BCUT2D eigenvalue weighted by Crippen LogP contribution is 2.16. The second-order valence-electron chi connectivity index (χ2n) is 6.88. The normalized spacial score (nSPS) is 11.5. The van der Waals surface area contributed by atoms with Gasteiger partial charge in [-0.15, -0.1) is 5.10 Å². The third-order valence-corrected chi connectivity index (χ3v) is 3.59. The summed E-state index contributed by atoms with van der Waals surface area (Å²) >= 11 is 0. The summed E-state index contributed by atoms with van der Waals surface area (Å²) in [5, 5.41) is 8.32. The number of carbonyl (C=O) groups is 1. The summed E-state index contributed by atoms with van der Waals surface area (Å²) in [4.78, 5) is 14.3. The highest BCUT2D eigenvalue weighted by molar-refractivity contribution is 5.74. The van der Waals surface area contributed by atoms with Gasteiger partial charge in [0.25, 0.3) is 0 Å². The maximum absolute atomic E-state index is 12.7. The largest absolute Gasteiger partial charge is 0.444 e. The van der Waals surface area contributed by atoms with Crippen LogP contribution in [0.3, 0.4) is 0 Å². The van der Waals surface area contributed by atoms with Gasteiger partial charge in [-0.2, -0.15) is 0 Å². The van der Waals surface area contributed by atoms with Gasteiger partial charge in [0, 0.05) is 0 Å². The Hall–Kier alpha value is -2.89. The molecule has 1 heterocycles. The first kappa shape index (κ1) is 17.0. The van der Waals surface area contributed by atoms with Crippen LogP contribution in [-0.4, -0.2) is 31.6 Å². The Morgan fingerprint density at radius 1 is 1.08 bits per heavy atom. The minimum Gasteiger partial charge on any atom is -0.444 e. The molecule has 0 saturated heterocycles. The minimum absolute atomic E-state index is 0.268. The van der Waals surface area contributed by atoms with Crippen molar-refractivity contribution in [3.8, 4) is 0 Å². The van der Waals surface area contributed by atoms with Crippen molar-refractivity contribution < 1.29 is 9.53 Å². The summed E-state index contributed by atoms with van der Waals surface area (Å²) in [6.07, 6.45) is -0.379. The first-order valence-corrected chi connectivity index (χ1v) is 8.22. The quantitative estimate of drug-likeness (QED) is 0.725. The number of rotatable bonds is 4. The van der Waals surface area contributed by atoms with Gasteiger partial charge in [-0.1, -0.05) is 47.7 Å². The molecule has 2 aromatic carbocycles. The van der Waals surface area contributed by atoms with Crippen LogP contribution in [0, 0.1) is 0 Å². The van der Waals surface area contributed by atoms with Crippen molar-refractivity contribution >= 4 is 17.1 Å². The topological polar surface area (TPSA) is 60.2 Å². The Morgan fingerprint density at radius 3 is 2.48 bits per heavy atom. The summed E-state index contributed by atoms with van der Waals surface area (Å²) in [5.74, 6) is 0. The summed E-state index contributed by atoms with van der Waals surface area (Å²) in [7, 11) is 0. The second-order valence-corrected chi connectivity index (χ2v) is 6.88. The van der Waals surface area contributed by atoms with Gasteiger partial charge in [0.05, 0.1) is 12.1 Å². The number of benzene rings is 2. The third kappa shape index (κ3) is 4.35. The smallest absolute Gasteiger partial charge is 0.412 e. The molecule has 6 heteroatoms. The van der Waals surface area contributed by atoms with Gasteiger partial charge in [-0.3, -0.25) is 4.90 Å². The summed E-state index contributed by atoms with van der Waals surface area (Å²) < 4.78 is 7.27. The van der Waals surface area contributed by atoms with Crippen molar-refractivity contribution in [2.45, 2.75) is 39.6 Å². The van der Waals surface area contributed by atoms with E-state index in [1.807, 2.05) is 75.4 Å². The zero-order valence-electron chi connectivity index (χ0n) is 14.7. The Kier molecular flexibility index (Phi) is 4.70. The van der Waals surface area contributed by atoms with Crippen molar-refractivity contribution in [2.75, 3.05) is 0 Å². The number of aromatic nitrogens is 3. The molecule has 0 spiro atoms. The van der Waals surface area contributed by atoms with Crippen molar-refractivity contribution in [2.24, 2.45) is 0 Å². The van der Waals surface area contributed by atoms with E-state index in [4.69, 9.17) is 4.74 Å². The van der Waals surface area contributed by atoms with Crippen molar-refractivity contribution in [3.63, 3.8) is 0 Å². The summed E-state index contributed by atoms with van der Waals surface area (Å²) in [6.45, 7) is 6.28. The van der Waals surface area contributed by atoms with Crippen LogP contribution >= 0.6 is 0 Å². The van der Waals surface area contributed by atoms with Gasteiger partial charge in [0.15, 0.2) is 0 Å². The molecule has 6 nitrogen and oxygen atoms in total. The molecule has 0 N–H and O–H groups in total.